The topological polar surface area (TPSA) is 143 Å². The van der Waals surface area contributed by atoms with Crippen LogP contribution in [0.25, 0.3) is 10.9 Å². The number of pyridine rings is 1. The van der Waals surface area contributed by atoms with Crippen LogP contribution < -0.4 is 40.0 Å². The van der Waals surface area contributed by atoms with Crippen LogP contribution in [0.4, 0.5) is 0 Å². The molecule has 0 bridgehead atoms. The van der Waals surface area contributed by atoms with Crippen LogP contribution in [-0.4, -0.2) is 32.2 Å². The number of hydrogen-bond donors (Lipinski definition) is 4. The SMILES string of the molecule is O=C(NCc1cccc(O)c1O)c1ccc2ccc(C(=O)[O-])c(O)c2n1.[Na+]. The van der Waals surface area contributed by atoms with Gasteiger partial charge in [-0.3, -0.25) is 4.79 Å². The van der Waals surface area contributed by atoms with E-state index in [0.29, 0.717) is 10.9 Å². The molecular formula is C18H13N2NaO6. The minimum absolute atomic E-state index is 0. The van der Waals surface area contributed by atoms with Gasteiger partial charge in [0.05, 0.1) is 5.97 Å². The van der Waals surface area contributed by atoms with Gasteiger partial charge in [-0.1, -0.05) is 24.3 Å². The number of phenols is 3. The van der Waals surface area contributed by atoms with Crippen LogP contribution in [0.3, 0.4) is 0 Å². The number of phenolic OH excluding ortho intramolecular Hbond substituents is 2. The second-order valence-corrected chi connectivity index (χ2v) is 5.48. The molecule has 0 radical (unpaired) electrons. The summed E-state index contributed by atoms with van der Waals surface area (Å²) in [7, 11) is 0. The summed E-state index contributed by atoms with van der Waals surface area (Å²) < 4.78 is 0. The Hall–Kier alpha value is -2.81. The Balaban J connectivity index is 0.00000261. The Morgan fingerprint density at radius 1 is 1.00 bits per heavy atom. The van der Waals surface area contributed by atoms with Gasteiger partial charge >= 0.3 is 29.6 Å². The van der Waals surface area contributed by atoms with Gasteiger partial charge < -0.3 is 30.5 Å². The zero-order chi connectivity index (χ0) is 18.8. The number of aromatic nitrogens is 1. The summed E-state index contributed by atoms with van der Waals surface area (Å²) in [6.07, 6.45) is 0. The number of aromatic carboxylic acids is 1. The van der Waals surface area contributed by atoms with Crippen molar-refractivity contribution in [3.05, 3.63) is 59.3 Å². The number of nitrogens with zero attached hydrogens (tertiary/aromatic N) is 1. The molecule has 0 aliphatic heterocycles. The summed E-state index contributed by atoms with van der Waals surface area (Å²) in [5.41, 5.74) is -0.212. The van der Waals surface area contributed by atoms with Crippen molar-refractivity contribution in [1.29, 1.82) is 0 Å². The number of carbonyl (C=O) groups excluding carboxylic acids is 2. The fourth-order valence-electron chi connectivity index (χ4n) is 2.45. The summed E-state index contributed by atoms with van der Waals surface area (Å²) in [5, 5.41) is 43.2. The van der Waals surface area contributed by atoms with Crippen molar-refractivity contribution in [2.45, 2.75) is 6.54 Å². The number of carboxylic acids is 1. The third kappa shape index (κ3) is 4.13. The number of carbonyl (C=O) groups is 2. The first-order chi connectivity index (χ1) is 12.4. The van der Waals surface area contributed by atoms with E-state index in [1.807, 2.05) is 0 Å². The standard InChI is InChI=1S/C18H14N2O6.Na/c21-13-3-1-2-10(15(13)22)8-19-17(24)12-7-5-9-4-6-11(18(25)26)16(23)14(9)20-12;/h1-7,21-23H,8H2,(H,19,24)(H,25,26);/q;+1/p-1. The summed E-state index contributed by atoms with van der Waals surface area (Å²) in [6, 6.07) is 9.92. The fourth-order valence-corrected chi connectivity index (χ4v) is 2.45. The molecule has 1 heterocycles. The Bertz CT molecular complexity index is 1040. The molecule has 0 aliphatic carbocycles. The second kappa shape index (κ2) is 8.26. The Morgan fingerprint density at radius 3 is 2.41 bits per heavy atom. The predicted molar refractivity (Wildman–Crippen MR) is 88.7 cm³/mol. The Kier molecular flexibility index (Phi) is 6.27. The van der Waals surface area contributed by atoms with Crippen LogP contribution in [0.15, 0.2) is 42.5 Å². The molecule has 4 N–H and O–H groups in total. The second-order valence-electron chi connectivity index (χ2n) is 5.48. The van der Waals surface area contributed by atoms with E-state index < -0.39 is 23.2 Å². The molecule has 0 saturated carbocycles. The minimum atomic E-state index is -1.56. The van der Waals surface area contributed by atoms with E-state index in [4.69, 9.17) is 0 Å². The molecule has 9 heteroatoms. The van der Waals surface area contributed by atoms with Crippen molar-refractivity contribution in [2.75, 3.05) is 0 Å². The predicted octanol–water partition coefficient (Wildman–Crippen LogP) is -2.35. The van der Waals surface area contributed by atoms with E-state index in [-0.39, 0.29) is 58.8 Å². The summed E-state index contributed by atoms with van der Waals surface area (Å²) in [6.45, 7) is -0.0656. The Morgan fingerprint density at radius 2 is 1.70 bits per heavy atom. The van der Waals surface area contributed by atoms with Gasteiger partial charge in [0.15, 0.2) is 17.2 Å². The van der Waals surface area contributed by atoms with Crippen LogP contribution in [0.5, 0.6) is 17.2 Å². The third-order valence-electron chi connectivity index (χ3n) is 3.83. The Labute approximate surface area is 175 Å². The maximum Gasteiger partial charge on any atom is 1.00 e. The van der Waals surface area contributed by atoms with Gasteiger partial charge in [0.1, 0.15) is 11.2 Å². The van der Waals surface area contributed by atoms with Gasteiger partial charge in [-0.25, -0.2) is 4.98 Å². The monoisotopic (exact) mass is 376 g/mol. The molecule has 0 aliphatic rings. The van der Waals surface area contributed by atoms with Crippen LogP contribution in [0.2, 0.25) is 0 Å². The molecule has 0 unspecified atom stereocenters. The van der Waals surface area contributed by atoms with Gasteiger partial charge in [-0.15, -0.1) is 0 Å². The quantitative estimate of drug-likeness (QED) is 0.295. The number of aromatic hydroxyl groups is 3. The molecule has 0 atom stereocenters. The first-order valence-electron chi connectivity index (χ1n) is 7.50. The zero-order valence-electron chi connectivity index (χ0n) is 14.3. The number of benzene rings is 2. The molecule has 3 rings (SSSR count). The van der Waals surface area contributed by atoms with Crippen molar-refractivity contribution < 1.29 is 59.6 Å². The smallest absolute Gasteiger partial charge is 0.545 e. The first-order valence-corrected chi connectivity index (χ1v) is 7.50. The number of carboxylic acid groups (broad SMARTS) is 1. The number of fused-ring (bicyclic) bond motifs is 1. The average molecular weight is 376 g/mol. The number of amides is 1. The molecule has 2 aromatic carbocycles. The molecule has 1 aromatic heterocycles. The first kappa shape index (κ1) is 20.5. The van der Waals surface area contributed by atoms with Gasteiger partial charge in [0.2, 0.25) is 0 Å². The van der Waals surface area contributed by atoms with Crippen molar-refractivity contribution >= 4 is 22.8 Å². The molecule has 0 saturated heterocycles. The third-order valence-corrected chi connectivity index (χ3v) is 3.83. The molecule has 8 nitrogen and oxygen atoms in total. The number of para-hydroxylation sites is 1. The normalized spacial score (nSPS) is 10.2. The van der Waals surface area contributed by atoms with Crippen LogP contribution >= 0.6 is 0 Å². The number of nitrogens with one attached hydrogen (secondary N) is 1. The van der Waals surface area contributed by atoms with Crippen LogP contribution in [0, 0.1) is 0 Å². The summed E-state index contributed by atoms with van der Waals surface area (Å²) in [4.78, 5) is 27.2. The number of rotatable bonds is 4. The zero-order valence-corrected chi connectivity index (χ0v) is 16.3. The van der Waals surface area contributed by atoms with E-state index in [1.54, 1.807) is 0 Å². The van der Waals surface area contributed by atoms with Crippen LogP contribution in [-0.2, 0) is 6.54 Å². The minimum Gasteiger partial charge on any atom is -0.545 e. The number of hydrogen-bond acceptors (Lipinski definition) is 7. The van der Waals surface area contributed by atoms with Crippen molar-refractivity contribution in [3.63, 3.8) is 0 Å². The fraction of sp³-hybridized carbons (Fsp3) is 0.0556. The van der Waals surface area contributed by atoms with Gasteiger partial charge in [0, 0.05) is 23.1 Å². The largest absolute Gasteiger partial charge is 1.00 e. The average Bonchev–Trinajstić information content (AvgIpc) is 2.62. The molecule has 0 spiro atoms. The van der Waals surface area contributed by atoms with Crippen LogP contribution in [0.1, 0.15) is 26.4 Å². The van der Waals surface area contributed by atoms with Gasteiger partial charge in [-0.2, -0.15) is 0 Å². The summed E-state index contributed by atoms with van der Waals surface area (Å²) in [5.74, 6) is -3.38. The van der Waals surface area contributed by atoms with Gasteiger partial charge in [-0.05, 0) is 18.2 Å². The maximum atomic E-state index is 12.3. The van der Waals surface area contributed by atoms with Crippen molar-refractivity contribution in [3.8, 4) is 17.2 Å². The molecular weight excluding hydrogens is 363 g/mol. The van der Waals surface area contributed by atoms with Crippen molar-refractivity contribution in [2.24, 2.45) is 0 Å². The van der Waals surface area contributed by atoms with Crippen molar-refractivity contribution in [1.82, 2.24) is 10.3 Å². The molecule has 132 valence electrons. The maximum absolute atomic E-state index is 12.3. The molecule has 3 aromatic rings. The van der Waals surface area contributed by atoms with E-state index in [1.165, 1.54) is 42.5 Å². The van der Waals surface area contributed by atoms with E-state index in [9.17, 15) is 30.0 Å². The van der Waals surface area contributed by atoms with E-state index >= 15 is 0 Å². The van der Waals surface area contributed by atoms with Gasteiger partial charge in [0.25, 0.3) is 5.91 Å². The van der Waals surface area contributed by atoms with E-state index in [0.717, 1.165) is 0 Å². The van der Waals surface area contributed by atoms with E-state index in [2.05, 4.69) is 10.3 Å². The molecule has 27 heavy (non-hydrogen) atoms. The summed E-state index contributed by atoms with van der Waals surface area (Å²) >= 11 is 0. The molecule has 1 amide bonds. The molecule has 0 fully saturated rings.